The molecule has 3 rings (SSSR count). The molecule has 0 aromatic heterocycles. The van der Waals surface area contributed by atoms with Crippen molar-refractivity contribution in [3.8, 4) is 5.75 Å². The fraction of sp³-hybridized carbons (Fsp3) is 0.0476. The van der Waals surface area contributed by atoms with Gasteiger partial charge in [-0.2, -0.15) is 0 Å². The lowest BCUT2D eigenvalue weighted by Crippen LogP contribution is -2.14. The minimum Gasteiger partial charge on any atom is -0.485 e. The fourth-order valence-electron chi connectivity index (χ4n) is 2.51. The van der Waals surface area contributed by atoms with Crippen LogP contribution in [0.15, 0.2) is 78.9 Å². The number of hydrogen-bond acceptors (Lipinski definition) is 5. The Morgan fingerprint density at radius 2 is 1.54 bits per heavy atom. The number of anilines is 1. The fourth-order valence-corrected chi connectivity index (χ4v) is 2.51. The van der Waals surface area contributed by atoms with E-state index in [9.17, 15) is 19.7 Å². The van der Waals surface area contributed by atoms with Gasteiger partial charge in [-0.3, -0.25) is 19.7 Å². The molecule has 0 fully saturated rings. The predicted octanol–water partition coefficient (Wildman–Crippen LogP) is 4.11. The summed E-state index contributed by atoms with van der Waals surface area (Å²) in [6, 6.07) is 20.9. The topological polar surface area (TPSA) is 98.5 Å². The molecule has 0 heterocycles. The first-order valence-corrected chi connectivity index (χ1v) is 8.40. The highest BCUT2D eigenvalue weighted by atomic mass is 16.6. The highest BCUT2D eigenvalue weighted by Crippen LogP contribution is 2.21. The van der Waals surface area contributed by atoms with Crippen LogP contribution in [-0.4, -0.2) is 23.2 Å². The molecule has 0 saturated heterocycles. The van der Waals surface area contributed by atoms with Crippen molar-refractivity contribution in [2.24, 2.45) is 0 Å². The number of amides is 1. The summed E-state index contributed by atoms with van der Waals surface area (Å²) in [5, 5.41) is 13.6. The molecule has 0 aliphatic carbocycles. The highest BCUT2D eigenvalue weighted by Gasteiger charge is 2.19. The number of hydrogen-bond donors (Lipinski definition) is 1. The average molecular weight is 376 g/mol. The average Bonchev–Trinajstić information content (AvgIpc) is 2.73. The number of Topliss-reactive ketones (excluding diaryl/α,β-unsaturated/α-hetero) is 1. The third-order valence-corrected chi connectivity index (χ3v) is 3.92. The summed E-state index contributed by atoms with van der Waals surface area (Å²) in [6.45, 7) is -0.105. The Balaban J connectivity index is 1.61. The minimum absolute atomic E-state index is 0.0266. The largest absolute Gasteiger partial charge is 0.485 e. The first-order valence-electron chi connectivity index (χ1n) is 8.40. The highest BCUT2D eigenvalue weighted by molar-refractivity contribution is 6.07. The van der Waals surface area contributed by atoms with E-state index in [-0.39, 0.29) is 23.6 Å². The van der Waals surface area contributed by atoms with Crippen molar-refractivity contribution in [3.63, 3.8) is 0 Å². The van der Waals surface area contributed by atoms with Crippen molar-refractivity contribution in [2.45, 2.75) is 0 Å². The van der Waals surface area contributed by atoms with Crippen LogP contribution in [0.3, 0.4) is 0 Å². The molecule has 0 radical (unpaired) electrons. The lowest BCUT2D eigenvalue weighted by atomic mass is 10.1. The van der Waals surface area contributed by atoms with Gasteiger partial charge >= 0.3 is 0 Å². The molecule has 3 aromatic carbocycles. The number of carbonyl (C=O) groups is 2. The summed E-state index contributed by atoms with van der Waals surface area (Å²) in [5.41, 5.74) is 0.724. The Hall–Kier alpha value is -4.00. The normalized spacial score (nSPS) is 10.1. The maximum Gasteiger partial charge on any atom is 0.282 e. The van der Waals surface area contributed by atoms with Crippen LogP contribution in [0.2, 0.25) is 0 Å². The van der Waals surface area contributed by atoms with Crippen LogP contribution in [0.25, 0.3) is 0 Å². The molecule has 0 bridgehead atoms. The van der Waals surface area contributed by atoms with E-state index in [0.717, 1.165) is 0 Å². The number of para-hydroxylation sites is 1. The maximum atomic E-state index is 12.3. The van der Waals surface area contributed by atoms with Crippen LogP contribution in [0, 0.1) is 10.1 Å². The number of nitro groups is 1. The predicted molar refractivity (Wildman–Crippen MR) is 104 cm³/mol. The van der Waals surface area contributed by atoms with Gasteiger partial charge in [-0.25, -0.2) is 0 Å². The summed E-state index contributed by atoms with van der Waals surface area (Å²) in [7, 11) is 0. The van der Waals surface area contributed by atoms with Gasteiger partial charge in [0.2, 0.25) is 0 Å². The third-order valence-electron chi connectivity index (χ3n) is 3.92. The van der Waals surface area contributed by atoms with Gasteiger partial charge in [0.05, 0.1) is 4.92 Å². The lowest BCUT2D eigenvalue weighted by molar-refractivity contribution is -0.385. The Morgan fingerprint density at radius 1 is 0.893 bits per heavy atom. The lowest BCUT2D eigenvalue weighted by Gasteiger charge is -2.08. The zero-order valence-corrected chi connectivity index (χ0v) is 14.7. The summed E-state index contributed by atoms with van der Waals surface area (Å²) in [4.78, 5) is 34.8. The monoisotopic (exact) mass is 376 g/mol. The van der Waals surface area contributed by atoms with Crippen molar-refractivity contribution < 1.29 is 19.2 Å². The summed E-state index contributed by atoms with van der Waals surface area (Å²) < 4.78 is 5.47. The van der Waals surface area contributed by atoms with E-state index in [1.165, 1.54) is 18.2 Å². The minimum atomic E-state index is -0.602. The van der Waals surface area contributed by atoms with Gasteiger partial charge in [-0.1, -0.05) is 42.5 Å². The Labute approximate surface area is 160 Å². The second kappa shape index (κ2) is 8.59. The number of ketones is 1. The van der Waals surface area contributed by atoms with Gasteiger partial charge in [-0.05, 0) is 30.3 Å². The van der Waals surface area contributed by atoms with Crippen molar-refractivity contribution >= 4 is 23.1 Å². The number of nitro benzene ring substituents is 1. The Kier molecular flexibility index (Phi) is 5.76. The van der Waals surface area contributed by atoms with Crippen LogP contribution in [0.5, 0.6) is 5.75 Å². The van der Waals surface area contributed by atoms with E-state index in [1.54, 1.807) is 54.6 Å². The number of nitrogens with one attached hydrogen (secondary N) is 1. The van der Waals surface area contributed by atoms with Crippen LogP contribution >= 0.6 is 0 Å². The van der Waals surface area contributed by atoms with Gasteiger partial charge in [0, 0.05) is 17.3 Å². The molecule has 3 aromatic rings. The molecule has 7 heteroatoms. The second-order valence-corrected chi connectivity index (χ2v) is 5.83. The number of carbonyl (C=O) groups excluding carboxylic acids is 2. The van der Waals surface area contributed by atoms with Gasteiger partial charge in [-0.15, -0.1) is 0 Å². The van der Waals surface area contributed by atoms with Gasteiger partial charge in [0.1, 0.15) is 11.3 Å². The van der Waals surface area contributed by atoms with Crippen LogP contribution in [0.4, 0.5) is 11.4 Å². The molecule has 7 nitrogen and oxygen atoms in total. The molecule has 0 aliphatic heterocycles. The number of rotatable bonds is 7. The van der Waals surface area contributed by atoms with E-state index in [2.05, 4.69) is 5.32 Å². The molecule has 0 spiro atoms. The number of ether oxygens (including phenoxy) is 1. The van der Waals surface area contributed by atoms with E-state index in [0.29, 0.717) is 17.0 Å². The quantitative estimate of drug-likeness (QED) is 0.380. The van der Waals surface area contributed by atoms with Crippen LogP contribution < -0.4 is 10.1 Å². The molecule has 140 valence electrons. The van der Waals surface area contributed by atoms with Crippen LogP contribution in [-0.2, 0) is 0 Å². The molecule has 0 saturated carbocycles. The molecular weight excluding hydrogens is 360 g/mol. The molecule has 0 atom stereocenters. The molecule has 0 aliphatic rings. The molecule has 1 amide bonds. The van der Waals surface area contributed by atoms with E-state index < -0.39 is 10.8 Å². The van der Waals surface area contributed by atoms with E-state index in [4.69, 9.17) is 4.74 Å². The summed E-state index contributed by atoms with van der Waals surface area (Å²) >= 11 is 0. The summed E-state index contributed by atoms with van der Waals surface area (Å²) in [6.07, 6.45) is 0. The van der Waals surface area contributed by atoms with Gasteiger partial charge < -0.3 is 10.1 Å². The first kappa shape index (κ1) is 18.8. The zero-order valence-electron chi connectivity index (χ0n) is 14.7. The van der Waals surface area contributed by atoms with Crippen molar-refractivity contribution in [1.29, 1.82) is 0 Å². The van der Waals surface area contributed by atoms with Crippen molar-refractivity contribution in [1.82, 2.24) is 0 Å². The van der Waals surface area contributed by atoms with Gasteiger partial charge in [0.25, 0.3) is 11.6 Å². The van der Waals surface area contributed by atoms with E-state index >= 15 is 0 Å². The first-order chi connectivity index (χ1) is 13.5. The smallest absolute Gasteiger partial charge is 0.282 e. The van der Waals surface area contributed by atoms with Crippen LogP contribution in [0.1, 0.15) is 20.7 Å². The van der Waals surface area contributed by atoms with Crippen molar-refractivity contribution in [2.75, 3.05) is 11.9 Å². The Morgan fingerprint density at radius 3 is 2.21 bits per heavy atom. The number of benzene rings is 3. The zero-order chi connectivity index (χ0) is 19.9. The SMILES string of the molecule is O=C(COc1ccc(NC(=O)c2ccccc2[N+](=O)[O-])cc1)c1ccccc1. The molecular formula is C21H16N2O5. The standard InChI is InChI=1S/C21H16N2O5/c24-20(15-6-2-1-3-7-15)14-28-17-12-10-16(11-13-17)22-21(25)18-8-4-5-9-19(18)23(26)27/h1-13H,14H2,(H,22,25). The Bertz CT molecular complexity index is 1000. The maximum absolute atomic E-state index is 12.3. The second-order valence-electron chi connectivity index (χ2n) is 5.83. The molecule has 0 unspecified atom stereocenters. The summed E-state index contributed by atoms with van der Waals surface area (Å²) in [5.74, 6) is -0.262. The van der Waals surface area contributed by atoms with Gasteiger partial charge in [0.15, 0.2) is 12.4 Å². The molecule has 28 heavy (non-hydrogen) atoms. The third kappa shape index (κ3) is 4.59. The van der Waals surface area contributed by atoms with Crippen molar-refractivity contribution in [3.05, 3.63) is 100 Å². The number of nitrogens with zero attached hydrogens (tertiary/aromatic N) is 1. The van der Waals surface area contributed by atoms with E-state index in [1.807, 2.05) is 6.07 Å². The molecule has 1 N–H and O–H groups in total.